The van der Waals surface area contributed by atoms with Crippen LogP contribution in [0.2, 0.25) is 0 Å². The monoisotopic (exact) mass is 236 g/mol. The average molecular weight is 236 g/mol. The van der Waals surface area contributed by atoms with Crippen LogP contribution in [0.25, 0.3) is 0 Å². The van der Waals surface area contributed by atoms with Gasteiger partial charge in [0.25, 0.3) is 0 Å². The number of hydrogen-bond acceptors (Lipinski definition) is 3. The lowest BCUT2D eigenvalue weighted by Crippen LogP contribution is -2.15. The van der Waals surface area contributed by atoms with E-state index >= 15 is 0 Å². The number of rotatable bonds is 5. The van der Waals surface area contributed by atoms with Crippen LogP contribution in [-0.4, -0.2) is 12.3 Å². The molecule has 94 valence electrons. The lowest BCUT2D eigenvalue weighted by atomic mass is 10.1. The minimum Gasteiger partial charge on any atom is -0.431 e. The fourth-order valence-electron chi connectivity index (χ4n) is 1.42. The predicted molar refractivity (Wildman–Crippen MR) is 67.3 cm³/mol. The molecule has 1 aromatic carbocycles. The minimum absolute atomic E-state index is 0.161. The molecule has 0 unspecified atom stereocenters. The summed E-state index contributed by atoms with van der Waals surface area (Å²) >= 11 is 0. The molecule has 1 rings (SSSR count). The van der Waals surface area contributed by atoms with Crippen molar-refractivity contribution in [2.24, 2.45) is 0 Å². The van der Waals surface area contributed by atoms with Gasteiger partial charge in [-0.3, -0.25) is 0 Å². The number of benzene rings is 1. The molecule has 17 heavy (non-hydrogen) atoms. The summed E-state index contributed by atoms with van der Waals surface area (Å²) in [7, 11) is 0. The summed E-state index contributed by atoms with van der Waals surface area (Å²) in [4.78, 5) is 11.2. The van der Waals surface area contributed by atoms with Crippen molar-refractivity contribution in [2.45, 2.75) is 46.1 Å². The van der Waals surface area contributed by atoms with E-state index in [1.807, 2.05) is 12.1 Å². The molecule has 0 amide bonds. The maximum atomic E-state index is 11.2. The Labute approximate surface area is 103 Å². The molecule has 0 bridgehead atoms. The van der Waals surface area contributed by atoms with Gasteiger partial charge in [-0.25, -0.2) is 4.79 Å². The second-order valence-corrected chi connectivity index (χ2v) is 4.27. The van der Waals surface area contributed by atoms with Crippen molar-refractivity contribution in [1.82, 2.24) is 0 Å². The van der Waals surface area contributed by atoms with Crippen LogP contribution in [0.4, 0.5) is 4.79 Å². The highest BCUT2D eigenvalue weighted by atomic mass is 16.7. The van der Waals surface area contributed by atoms with Crippen LogP contribution in [0.15, 0.2) is 24.3 Å². The van der Waals surface area contributed by atoms with Crippen molar-refractivity contribution in [3.8, 4) is 5.75 Å². The Morgan fingerprint density at radius 1 is 1.24 bits per heavy atom. The summed E-state index contributed by atoms with van der Waals surface area (Å²) < 4.78 is 9.91. The van der Waals surface area contributed by atoms with Crippen molar-refractivity contribution in [1.29, 1.82) is 0 Å². The fraction of sp³-hybridized carbons (Fsp3) is 0.500. The van der Waals surface area contributed by atoms with Gasteiger partial charge in [0.2, 0.25) is 0 Å². The summed E-state index contributed by atoms with van der Waals surface area (Å²) in [6.07, 6.45) is 2.61. The highest BCUT2D eigenvalue weighted by Gasteiger charge is 2.07. The van der Waals surface area contributed by atoms with E-state index in [4.69, 9.17) is 9.47 Å². The zero-order valence-electron chi connectivity index (χ0n) is 10.7. The van der Waals surface area contributed by atoms with Gasteiger partial charge in [-0.1, -0.05) is 25.5 Å². The quantitative estimate of drug-likeness (QED) is 0.573. The summed E-state index contributed by atoms with van der Waals surface area (Å²) in [6.45, 7) is 5.74. The van der Waals surface area contributed by atoms with Crippen molar-refractivity contribution in [3.05, 3.63) is 29.8 Å². The topological polar surface area (TPSA) is 35.5 Å². The van der Waals surface area contributed by atoms with Crippen molar-refractivity contribution in [2.75, 3.05) is 0 Å². The van der Waals surface area contributed by atoms with Gasteiger partial charge in [-0.2, -0.15) is 0 Å². The predicted octanol–water partition coefficient (Wildman–Crippen LogP) is 3.95. The first-order chi connectivity index (χ1) is 8.11. The Morgan fingerprint density at radius 3 is 2.41 bits per heavy atom. The van der Waals surface area contributed by atoms with Crippen LogP contribution >= 0.6 is 0 Å². The third-order valence-electron chi connectivity index (χ3n) is 2.28. The first-order valence-electron chi connectivity index (χ1n) is 6.09. The second-order valence-electron chi connectivity index (χ2n) is 4.27. The van der Waals surface area contributed by atoms with Gasteiger partial charge in [0.1, 0.15) is 5.75 Å². The Balaban J connectivity index is 2.47. The van der Waals surface area contributed by atoms with Crippen LogP contribution in [0.3, 0.4) is 0 Å². The van der Waals surface area contributed by atoms with E-state index in [0.717, 1.165) is 6.42 Å². The normalized spacial score (nSPS) is 10.4. The molecule has 1 aromatic rings. The summed E-state index contributed by atoms with van der Waals surface area (Å²) in [6, 6.07) is 7.56. The minimum atomic E-state index is -0.652. The summed E-state index contributed by atoms with van der Waals surface area (Å²) in [5.74, 6) is 0.524. The van der Waals surface area contributed by atoms with E-state index in [0.29, 0.717) is 5.75 Å². The Morgan fingerprint density at radius 2 is 1.88 bits per heavy atom. The highest BCUT2D eigenvalue weighted by Crippen LogP contribution is 2.14. The van der Waals surface area contributed by atoms with Gasteiger partial charge in [-0.15, -0.1) is 0 Å². The highest BCUT2D eigenvalue weighted by molar-refractivity contribution is 5.63. The van der Waals surface area contributed by atoms with E-state index in [1.165, 1.54) is 18.4 Å². The van der Waals surface area contributed by atoms with Gasteiger partial charge < -0.3 is 9.47 Å². The third-order valence-corrected chi connectivity index (χ3v) is 2.28. The molecule has 0 spiro atoms. The van der Waals surface area contributed by atoms with Gasteiger partial charge in [0, 0.05) is 0 Å². The smallest absolute Gasteiger partial charge is 0.431 e. The van der Waals surface area contributed by atoms with Gasteiger partial charge in [0.15, 0.2) is 0 Å². The Kier molecular flexibility index (Phi) is 5.53. The molecule has 3 nitrogen and oxygen atoms in total. The average Bonchev–Trinajstić information content (AvgIpc) is 2.27. The second kappa shape index (κ2) is 6.94. The molecule has 0 atom stereocenters. The number of carbonyl (C=O) groups excluding carboxylic acids is 1. The van der Waals surface area contributed by atoms with Gasteiger partial charge in [0.05, 0.1) is 6.10 Å². The molecular formula is C14H20O3. The molecule has 0 aliphatic carbocycles. The van der Waals surface area contributed by atoms with E-state index in [9.17, 15) is 4.79 Å². The van der Waals surface area contributed by atoms with Crippen LogP contribution in [0, 0.1) is 0 Å². The number of carbonyl (C=O) groups is 1. The van der Waals surface area contributed by atoms with Crippen molar-refractivity contribution < 1.29 is 14.3 Å². The molecule has 0 saturated heterocycles. The molecule has 0 heterocycles. The summed E-state index contributed by atoms with van der Waals surface area (Å²) in [5.41, 5.74) is 1.26. The van der Waals surface area contributed by atoms with Crippen molar-refractivity contribution >= 4 is 6.16 Å². The van der Waals surface area contributed by atoms with E-state index < -0.39 is 6.16 Å². The molecule has 0 N–H and O–H groups in total. The zero-order valence-corrected chi connectivity index (χ0v) is 10.7. The first kappa shape index (κ1) is 13.6. The van der Waals surface area contributed by atoms with E-state index in [2.05, 4.69) is 6.92 Å². The lowest BCUT2D eigenvalue weighted by molar-refractivity contribution is 0.0729. The van der Waals surface area contributed by atoms with E-state index in [1.54, 1.807) is 26.0 Å². The van der Waals surface area contributed by atoms with Crippen LogP contribution in [0.5, 0.6) is 5.75 Å². The molecule has 0 saturated carbocycles. The van der Waals surface area contributed by atoms with Gasteiger partial charge >= 0.3 is 6.16 Å². The molecule has 0 radical (unpaired) electrons. The van der Waals surface area contributed by atoms with Crippen LogP contribution < -0.4 is 4.74 Å². The molecule has 0 fully saturated rings. The maximum Gasteiger partial charge on any atom is 0.514 e. The number of aryl methyl sites for hydroxylation is 1. The molecule has 0 aliphatic rings. The SMILES string of the molecule is CCCCc1ccc(OC(=O)OC(C)C)cc1. The Hall–Kier alpha value is -1.51. The molecular weight excluding hydrogens is 216 g/mol. The third kappa shape index (κ3) is 5.38. The number of unbranched alkanes of at least 4 members (excludes halogenated alkanes) is 1. The van der Waals surface area contributed by atoms with E-state index in [-0.39, 0.29) is 6.10 Å². The summed E-state index contributed by atoms with van der Waals surface area (Å²) in [5, 5.41) is 0. The van der Waals surface area contributed by atoms with Crippen LogP contribution in [-0.2, 0) is 11.2 Å². The largest absolute Gasteiger partial charge is 0.514 e. The fourth-order valence-corrected chi connectivity index (χ4v) is 1.42. The zero-order chi connectivity index (χ0) is 12.7. The lowest BCUT2D eigenvalue weighted by Gasteiger charge is -2.08. The van der Waals surface area contributed by atoms with Crippen molar-refractivity contribution in [3.63, 3.8) is 0 Å². The van der Waals surface area contributed by atoms with Gasteiger partial charge in [-0.05, 0) is 44.4 Å². The Bertz CT molecular complexity index is 341. The number of hydrogen-bond donors (Lipinski definition) is 0. The van der Waals surface area contributed by atoms with Crippen LogP contribution in [0.1, 0.15) is 39.2 Å². The molecule has 0 aliphatic heterocycles. The first-order valence-corrected chi connectivity index (χ1v) is 6.09. The molecule has 3 heteroatoms. The maximum absolute atomic E-state index is 11.2. The standard InChI is InChI=1S/C14H20O3/c1-4-5-6-12-7-9-13(10-8-12)17-14(15)16-11(2)3/h7-11H,4-6H2,1-3H3. The number of ether oxygens (including phenoxy) is 2. The molecule has 0 aromatic heterocycles.